The van der Waals surface area contributed by atoms with Gasteiger partial charge in [-0.3, -0.25) is 14.5 Å². The third-order valence-corrected chi connectivity index (χ3v) is 5.00. The van der Waals surface area contributed by atoms with Crippen LogP contribution >= 0.6 is 0 Å². The first-order valence-electron chi connectivity index (χ1n) is 7.54. The highest BCUT2D eigenvalue weighted by Crippen LogP contribution is 2.31. The fraction of sp³-hybridized carbons (Fsp3) is 0.867. The number of carbonyl (C=O) groups excluding carboxylic acids is 1. The lowest BCUT2D eigenvalue weighted by Gasteiger charge is -2.46. The number of rotatable bonds is 2. The molecule has 2 aliphatic rings. The Morgan fingerprint density at radius 3 is 2.40 bits per heavy atom. The minimum atomic E-state index is -0.749. The maximum Gasteiger partial charge on any atom is 0.306 e. The largest absolute Gasteiger partial charge is 0.481 e. The second-order valence-corrected chi connectivity index (χ2v) is 6.89. The summed E-state index contributed by atoms with van der Waals surface area (Å²) in [6, 6.07) is 0. The average molecular weight is 282 g/mol. The van der Waals surface area contributed by atoms with E-state index in [-0.39, 0.29) is 23.3 Å². The molecular weight excluding hydrogens is 256 g/mol. The van der Waals surface area contributed by atoms with E-state index >= 15 is 0 Å². The molecule has 1 heterocycles. The molecule has 1 saturated heterocycles. The number of carboxylic acid groups (broad SMARTS) is 1. The van der Waals surface area contributed by atoms with Gasteiger partial charge < -0.3 is 10.0 Å². The second-order valence-electron chi connectivity index (χ2n) is 6.89. The number of carboxylic acids is 1. The van der Waals surface area contributed by atoms with Crippen molar-refractivity contribution in [2.75, 3.05) is 26.7 Å². The maximum atomic E-state index is 12.6. The van der Waals surface area contributed by atoms with Crippen LogP contribution < -0.4 is 0 Å². The van der Waals surface area contributed by atoms with Gasteiger partial charge in [0, 0.05) is 31.1 Å². The number of aliphatic carboxylic acids is 1. The van der Waals surface area contributed by atoms with E-state index in [0.717, 1.165) is 32.5 Å². The van der Waals surface area contributed by atoms with Crippen molar-refractivity contribution in [2.24, 2.45) is 11.8 Å². The summed E-state index contributed by atoms with van der Waals surface area (Å²) in [5.74, 6) is -1.01. The fourth-order valence-corrected chi connectivity index (χ4v) is 3.32. The third kappa shape index (κ3) is 3.14. The lowest BCUT2D eigenvalue weighted by Crippen LogP contribution is -2.59. The van der Waals surface area contributed by atoms with Crippen molar-refractivity contribution in [1.29, 1.82) is 0 Å². The number of hydrogen-bond acceptors (Lipinski definition) is 3. The van der Waals surface area contributed by atoms with Crippen molar-refractivity contribution < 1.29 is 14.7 Å². The Labute approximate surface area is 120 Å². The molecule has 1 amide bonds. The Morgan fingerprint density at radius 2 is 1.80 bits per heavy atom. The van der Waals surface area contributed by atoms with Crippen molar-refractivity contribution in [3.8, 4) is 0 Å². The SMILES string of the molecule is CN1CCN(C(=O)C2CCCC(C(=O)O)C2)CC1(C)C. The van der Waals surface area contributed by atoms with Crippen molar-refractivity contribution in [1.82, 2.24) is 9.80 Å². The van der Waals surface area contributed by atoms with E-state index in [1.165, 1.54) is 0 Å². The van der Waals surface area contributed by atoms with Gasteiger partial charge in [-0.25, -0.2) is 0 Å². The monoisotopic (exact) mass is 282 g/mol. The minimum absolute atomic E-state index is 0.00518. The van der Waals surface area contributed by atoms with Gasteiger partial charge in [0.05, 0.1) is 5.92 Å². The zero-order valence-corrected chi connectivity index (χ0v) is 12.8. The van der Waals surface area contributed by atoms with Gasteiger partial charge in [0.15, 0.2) is 0 Å². The zero-order chi connectivity index (χ0) is 14.9. The van der Waals surface area contributed by atoms with Gasteiger partial charge in [-0.2, -0.15) is 0 Å². The summed E-state index contributed by atoms with van der Waals surface area (Å²) in [4.78, 5) is 28.0. The van der Waals surface area contributed by atoms with Crippen molar-refractivity contribution >= 4 is 11.9 Å². The van der Waals surface area contributed by atoms with Crippen LogP contribution in [0.3, 0.4) is 0 Å². The Bertz CT molecular complexity index is 395. The summed E-state index contributed by atoms with van der Waals surface area (Å²) >= 11 is 0. The van der Waals surface area contributed by atoms with Gasteiger partial charge >= 0.3 is 5.97 Å². The topological polar surface area (TPSA) is 60.9 Å². The van der Waals surface area contributed by atoms with E-state index in [4.69, 9.17) is 5.11 Å². The molecule has 1 N–H and O–H groups in total. The van der Waals surface area contributed by atoms with E-state index < -0.39 is 5.97 Å². The van der Waals surface area contributed by atoms with Crippen molar-refractivity contribution in [3.05, 3.63) is 0 Å². The molecular formula is C15H26N2O3. The summed E-state index contributed by atoms with van der Waals surface area (Å²) in [6.45, 7) is 6.66. The Hall–Kier alpha value is -1.10. The summed E-state index contributed by atoms with van der Waals surface area (Å²) in [5, 5.41) is 9.13. The molecule has 2 rings (SSSR count). The predicted molar refractivity (Wildman–Crippen MR) is 76.4 cm³/mol. The highest BCUT2D eigenvalue weighted by molar-refractivity contribution is 5.80. The van der Waals surface area contributed by atoms with Crippen LogP contribution in [0.4, 0.5) is 0 Å². The van der Waals surface area contributed by atoms with E-state index in [1.54, 1.807) is 0 Å². The number of piperazine rings is 1. The van der Waals surface area contributed by atoms with Gasteiger partial charge in [-0.1, -0.05) is 6.42 Å². The third-order valence-electron chi connectivity index (χ3n) is 5.00. The summed E-state index contributed by atoms with van der Waals surface area (Å²) < 4.78 is 0. The van der Waals surface area contributed by atoms with E-state index in [1.807, 2.05) is 4.90 Å². The summed E-state index contributed by atoms with van der Waals surface area (Å²) in [5.41, 5.74) is -0.00518. The lowest BCUT2D eigenvalue weighted by atomic mass is 9.80. The molecule has 2 unspecified atom stereocenters. The first-order chi connectivity index (χ1) is 9.31. The quantitative estimate of drug-likeness (QED) is 0.832. The molecule has 20 heavy (non-hydrogen) atoms. The molecule has 5 heteroatoms. The molecule has 0 aromatic heterocycles. The zero-order valence-electron chi connectivity index (χ0n) is 12.8. The second kappa shape index (κ2) is 5.72. The number of likely N-dealkylation sites (N-methyl/N-ethyl adjacent to an activating group) is 1. The molecule has 5 nitrogen and oxygen atoms in total. The number of amides is 1. The molecule has 0 aromatic rings. The molecule has 1 aliphatic carbocycles. The molecule has 2 atom stereocenters. The van der Waals surface area contributed by atoms with Gasteiger partial charge in [-0.05, 0) is 40.2 Å². The number of nitrogens with zero attached hydrogens (tertiary/aromatic N) is 2. The van der Waals surface area contributed by atoms with Crippen LogP contribution in [0.2, 0.25) is 0 Å². The number of hydrogen-bond donors (Lipinski definition) is 1. The van der Waals surface area contributed by atoms with Crippen LogP contribution in [0.1, 0.15) is 39.5 Å². The molecule has 0 aromatic carbocycles. The molecule has 114 valence electrons. The van der Waals surface area contributed by atoms with Crippen molar-refractivity contribution in [3.63, 3.8) is 0 Å². The van der Waals surface area contributed by atoms with Crippen LogP contribution in [0.25, 0.3) is 0 Å². The van der Waals surface area contributed by atoms with E-state index in [0.29, 0.717) is 12.8 Å². The smallest absolute Gasteiger partial charge is 0.306 e. The predicted octanol–water partition coefficient (Wildman–Crippen LogP) is 1.43. The maximum absolute atomic E-state index is 12.6. The van der Waals surface area contributed by atoms with Crippen LogP contribution in [0, 0.1) is 11.8 Å². The fourth-order valence-electron chi connectivity index (χ4n) is 3.32. The molecule has 0 spiro atoms. The molecule has 2 fully saturated rings. The Kier molecular flexibility index (Phi) is 4.37. The standard InChI is InChI=1S/C15H26N2O3/c1-15(2)10-17(8-7-16(15)3)13(18)11-5-4-6-12(9-11)14(19)20/h11-12H,4-10H2,1-3H3,(H,19,20). The molecule has 1 saturated carbocycles. The van der Waals surface area contributed by atoms with Crippen molar-refractivity contribution in [2.45, 2.75) is 45.1 Å². The van der Waals surface area contributed by atoms with Gasteiger partial charge in [0.25, 0.3) is 0 Å². The minimum Gasteiger partial charge on any atom is -0.481 e. The van der Waals surface area contributed by atoms with Gasteiger partial charge in [0.2, 0.25) is 5.91 Å². The lowest BCUT2D eigenvalue weighted by molar-refractivity contribution is -0.147. The molecule has 1 aliphatic heterocycles. The number of carbonyl (C=O) groups is 2. The summed E-state index contributed by atoms with van der Waals surface area (Å²) in [6.07, 6.45) is 2.92. The molecule has 0 bridgehead atoms. The van der Waals surface area contributed by atoms with Crippen LogP contribution in [-0.2, 0) is 9.59 Å². The van der Waals surface area contributed by atoms with E-state index in [9.17, 15) is 9.59 Å². The first kappa shape index (κ1) is 15.3. The normalized spacial score (nSPS) is 31.1. The highest BCUT2D eigenvalue weighted by atomic mass is 16.4. The highest BCUT2D eigenvalue weighted by Gasteiger charge is 2.38. The Morgan fingerprint density at radius 1 is 1.15 bits per heavy atom. The van der Waals surface area contributed by atoms with Crippen LogP contribution in [0.15, 0.2) is 0 Å². The van der Waals surface area contributed by atoms with E-state index in [2.05, 4.69) is 25.8 Å². The van der Waals surface area contributed by atoms with Gasteiger partial charge in [-0.15, -0.1) is 0 Å². The van der Waals surface area contributed by atoms with Crippen LogP contribution in [0.5, 0.6) is 0 Å². The van der Waals surface area contributed by atoms with Crippen LogP contribution in [-0.4, -0.2) is 59.0 Å². The first-order valence-corrected chi connectivity index (χ1v) is 7.54. The summed E-state index contributed by atoms with van der Waals surface area (Å²) in [7, 11) is 2.09. The van der Waals surface area contributed by atoms with Gasteiger partial charge in [0.1, 0.15) is 0 Å². The average Bonchev–Trinajstić information content (AvgIpc) is 2.41. The molecule has 0 radical (unpaired) electrons. The Balaban J connectivity index is 1.99.